The summed E-state index contributed by atoms with van der Waals surface area (Å²) in [6.45, 7) is 1.84. The second-order valence-electron chi connectivity index (χ2n) is 5.42. The molecule has 0 N–H and O–H groups in total. The molecular weight excluding hydrogens is 409 g/mol. The molecule has 0 bridgehead atoms. The average molecular weight is 421 g/mol. The first-order chi connectivity index (χ1) is 13.0. The van der Waals surface area contributed by atoms with Gasteiger partial charge in [0.05, 0.1) is 23.0 Å². The number of halogens is 3. The van der Waals surface area contributed by atoms with Crippen molar-refractivity contribution in [1.29, 1.82) is 5.26 Å². The Balaban J connectivity index is 2.32. The van der Waals surface area contributed by atoms with Crippen LogP contribution in [0.4, 0.5) is 0 Å². The van der Waals surface area contributed by atoms with Gasteiger partial charge in [0, 0.05) is 15.6 Å². The fraction of sp³-hybridized carbons (Fsp3) is 0.105. The predicted molar refractivity (Wildman–Crippen MR) is 105 cm³/mol. The smallest absolute Gasteiger partial charge is 0.360 e. The molecule has 0 atom stereocenters. The van der Waals surface area contributed by atoms with Crippen molar-refractivity contribution in [2.45, 2.75) is 6.92 Å². The minimum Gasteiger partial charge on any atom is -0.461 e. The maximum atomic E-state index is 12.3. The Morgan fingerprint density at radius 1 is 1.15 bits per heavy atom. The van der Waals surface area contributed by atoms with Gasteiger partial charge < -0.3 is 4.74 Å². The molecule has 3 aromatic rings. The topological polar surface area (TPSA) is 67.9 Å². The Morgan fingerprint density at radius 3 is 2.41 bits per heavy atom. The molecule has 1 heterocycles. The zero-order valence-electron chi connectivity index (χ0n) is 14.0. The number of rotatable bonds is 4. The van der Waals surface area contributed by atoms with Crippen molar-refractivity contribution in [3.8, 4) is 23.0 Å². The number of hydrogen-bond donors (Lipinski definition) is 0. The largest absolute Gasteiger partial charge is 0.461 e. The highest BCUT2D eigenvalue weighted by molar-refractivity contribution is 6.35. The van der Waals surface area contributed by atoms with Crippen LogP contribution in [0.5, 0.6) is 0 Å². The Bertz CT molecular complexity index is 1050. The number of benzene rings is 2. The van der Waals surface area contributed by atoms with E-state index in [2.05, 4.69) is 11.2 Å². The molecule has 0 saturated carbocycles. The molecule has 2 aromatic carbocycles. The van der Waals surface area contributed by atoms with Crippen molar-refractivity contribution in [3.05, 3.63) is 68.8 Å². The standard InChI is InChI=1S/C19H12Cl3N3O2/c1-2-27-19(26)17-14(10-23)18(11-3-5-12(20)6-4-11)25(24-17)16-8-7-13(21)9-15(16)22/h3-9H,2H2,1H3. The van der Waals surface area contributed by atoms with Crippen LogP contribution in [-0.4, -0.2) is 22.4 Å². The number of aromatic nitrogens is 2. The molecule has 0 amide bonds. The highest BCUT2D eigenvalue weighted by Crippen LogP contribution is 2.33. The molecular formula is C19H12Cl3N3O2. The molecule has 0 spiro atoms. The molecule has 0 aliphatic carbocycles. The van der Waals surface area contributed by atoms with Gasteiger partial charge in [0.1, 0.15) is 11.6 Å². The van der Waals surface area contributed by atoms with Gasteiger partial charge in [-0.15, -0.1) is 0 Å². The summed E-state index contributed by atoms with van der Waals surface area (Å²) in [5.41, 5.74) is 1.52. The third-order valence-electron chi connectivity index (χ3n) is 3.72. The Kier molecular flexibility index (Phi) is 5.71. The summed E-state index contributed by atoms with van der Waals surface area (Å²) in [5, 5.41) is 15.3. The minimum atomic E-state index is -0.687. The molecule has 3 rings (SSSR count). The second kappa shape index (κ2) is 8.01. The van der Waals surface area contributed by atoms with Crippen LogP contribution in [0.1, 0.15) is 23.0 Å². The van der Waals surface area contributed by atoms with Gasteiger partial charge in [-0.1, -0.05) is 46.9 Å². The summed E-state index contributed by atoms with van der Waals surface area (Å²) in [6.07, 6.45) is 0. The van der Waals surface area contributed by atoms with E-state index in [-0.39, 0.29) is 17.9 Å². The van der Waals surface area contributed by atoms with Crippen LogP contribution >= 0.6 is 34.8 Å². The normalized spacial score (nSPS) is 10.5. The van der Waals surface area contributed by atoms with E-state index in [9.17, 15) is 10.1 Å². The molecule has 0 saturated heterocycles. The maximum Gasteiger partial charge on any atom is 0.360 e. The van der Waals surface area contributed by atoms with Gasteiger partial charge in [-0.05, 0) is 37.3 Å². The summed E-state index contributed by atoms with van der Waals surface area (Å²) >= 11 is 18.3. The number of ether oxygens (including phenoxy) is 1. The molecule has 0 fully saturated rings. The van der Waals surface area contributed by atoms with Crippen LogP contribution in [-0.2, 0) is 4.74 Å². The van der Waals surface area contributed by atoms with Crippen molar-refractivity contribution in [2.24, 2.45) is 0 Å². The van der Waals surface area contributed by atoms with E-state index >= 15 is 0 Å². The van der Waals surface area contributed by atoms with Crippen LogP contribution < -0.4 is 0 Å². The third kappa shape index (κ3) is 3.79. The van der Waals surface area contributed by atoms with E-state index in [1.807, 2.05) is 0 Å². The Hall–Kier alpha value is -2.52. The van der Waals surface area contributed by atoms with Crippen molar-refractivity contribution >= 4 is 40.8 Å². The number of carbonyl (C=O) groups excluding carboxylic acids is 1. The molecule has 136 valence electrons. The van der Waals surface area contributed by atoms with Crippen LogP contribution in [0.15, 0.2) is 42.5 Å². The first kappa shape index (κ1) is 19.2. The zero-order chi connectivity index (χ0) is 19.6. The fourth-order valence-electron chi connectivity index (χ4n) is 2.57. The lowest BCUT2D eigenvalue weighted by Crippen LogP contribution is -2.08. The number of nitriles is 1. The highest BCUT2D eigenvalue weighted by Gasteiger charge is 2.26. The van der Waals surface area contributed by atoms with Crippen molar-refractivity contribution in [2.75, 3.05) is 6.61 Å². The first-order valence-corrected chi connectivity index (χ1v) is 9.01. The molecule has 27 heavy (non-hydrogen) atoms. The minimum absolute atomic E-state index is 0.0850. The van der Waals surface area contributed by atoms with Crippen LogP contribution in [0, 0.1) is 11.3 Å². The van der Waals surface area contributed by atoms with E-state index in [0.717, 1.165) is 0 Å². The second-order valence-corrected chi connectivity index (χ2v) is 6.70. The summed E-state index contributed by atoms with van der Waals surface area (Å²) in [7, 11) is 0. The summed E-state index contributed by atoms with van der Waals surface area (Å²) in [4.78, 5) is 12.3. The lowest BCUT2D eigenvalue weighted by atomic mass is 10.1. The van der Waals surface area contributed by atoms with Crippen LogP contribution in [0.25, 0.3) is 16.9 Å². The quantitative estimate of drug-likeness (QED) is 0.519. The van der Waals surface area contributed by atoms with E-state index < -0.39 is 5.97 Å². The van der Waals surface area contributed by atoms with E-state index in [1.54, 1.807) is 49.4 Å². The predicted octanol–water partition coefficient (Wildman–Crippen LogP) is 5.55. The molecule has 0 radical (unpaired) electrons. The molecule has 0 unspecified atom stereocenters. The molecule has 8 heteroatoms. The fourth-order valence-corrected chi connectivity index (χ4v) is 3.18. The van der Waals surface area contributed by atoms with Crippen LogP contribution in [0.2, 0.25) is 15.1 Å². The van der Waals surface area contributed by atoms with E-state index in [1.165, 1.54) is 4.68 Å². The summed E-state index contributed by atoms with van der Waals surface area (Å²) in [6, 6.07) is 13.7. The van der Waals surface area contributed by atoms with Crippen molar-refractivity contribution < 1.29 is 9.53 Å². The Labute approximate surface area is 170 Å². The first-order valence-electron chi connectivity index (χ1n) is 7.87. The van der Waals surface area contributed by atoms with Gasteiger partial charge >= 0.3 is 5.97 Å². The Morgan fingerprint density at radius 2 is 1.81 bits per heavy atom. The third-order valence-corrected chi connectivity index (χ3v) is 4.51. The molecule has 0 aliphatic rings. The van der Waals surface area contributed by atoms with Gasteiger partial charge in [0.15, 0.2) is 5.69 Å². The van der Waals surface area contributed by atoms with Gasteiger partial charge in [-0.3, -0.25) is 0 Å². The van der Waals surface area contributed by atoms with Gasteiger partial charge in [0.25, 0.3) is 0 Å². The van der Waals surface area contributed by atoms with Crippen molar-refractivity contribution in [1.82, 2.24) is 9.78 Å². The number of carbonyl (C=O) groups is 1. The lowest BCUT2D eigenvalue weighted by molar-refractivity contribution is 0.0518. The maximum absolute atomic E-state index is 12.3. The SMILES string of the molecule is CCOC(=O)c1nn(-c2ccc(Cl)cc2Cl)c(-c2ccc(Cl)cc2)c1C#N. The molecule has 5 nitrogen and oxygen atoms in total. The highest BCUT2D eigenvalue weighted by atomic mass is 35.5. The monoisotopic (exact) mass is 419 g/mol. The van der Waals surface area contributed by atoms with Gasteiger partial charge in [-0.2, -0.15) is 10.4 Å². The molecule has 1 aromatic heterocycles. The number of esters is 1. The summed E-state index contributed by atoms with van der Waals surface area (Å²) in [5.74, 6) is -0.687. The summed E-state index contributed by atoms with van der Waals surface area (Å²) < 4.78 is 6.48. The number of nitrogens with zero attached hydrogens (tertiary/aromatic N) is 3. The van der Waals surface area contributed by atoms with Crippen LogP contribution in [0.3, 0.4) is 0 Å². The van der Waals surface area contributed by atoms with Gasteiger partial charge in [-0.25, -0.2) is 9.48 Å². The van der Waals surface area contributed by atoms with Gasteiger partial charge in [0.2, 0.25) is 0 Å². The molecule has 0 aliphatic heterocycles. The van der Waals surface area contributed by atoms with E-state index in [4.69, 9.17) is 39.5 Å². The number of hydrogen-bond acceptors (Lipinski definition) is 4. The lowest BCUT2D eigenvalue weighted by Gasteiger charge is -2.10. The zero-order valence-corrected chi connectivity index (χ0v) is 16.3. The average Bonchev–Trinajstić information content (AvgIpc) is 3.02. The van der Waals surface area contributed by atoms with Crippen molar-refractivity contribution in [3.63, 3.8) is 0 Å². The van der Waals surface area contributed by atoms with E-state index in [0.29, 0.717) is 32.0 Å².